The Kier molecular flexibility index (Phi) is 9.38. The van der Waals surface area contributed by atoms with Gasteiger partial charge >= 0.3 is 6.03 Å². The fraction of sp³-hybridized carbons (Fsp3) is 0.375. The van der Waals surface area contributed by atoms with Crippen LogP contribution in [0.4, 0.5) is 4.79 Å². The van der Waals surface area contributed by atoms with Crippen LogP contribution in [0.1, 0.15) is 48.3 Å². The average molecular weight is 530 g/mol. The number of likely N-dealkylation sites (N-methyl/N-ethyl adjacent to an activating group) is 1. The molecule has 7 nitrogen and oxygen atoms in total. The van der Waals surface area contributed by atoms with Gasteiger partial charge in [-0.05, 0) is 42.2 Å². The number of ether oxygens (including phenoxy) is 1. The maximum Gasteiger partial charge on any atom is 0.317 e. The molecule has 0 radical (unpaired) electrons. The van der Waals surface area contributed by atoms with Gasteiger partial charge < -0.3 is 25.0 Å². The summed E-state index contributed by atoms with van der Waals surface area (Å²) in [5, 5.41) is 13.1. The summed E-state index contributed by atoms with van der Waals surface area (Å²) in [6, 6.07) is 24.7. The molecule has 1 aliphatic rings. The largest absolute Gasteiger partial charge is 0.394 e. The number of hydrogen-bond acceptors (Lipinski definition) is 4. The van der Waals surface area contributed by atoms with Gasteiger partial charge in [0.1, 0.15) is 0 Å². The van der Waals surface area contributed by atoms with Crippen molar-refractivity contribution in [3.05, 3.63) is 95.6 Å². The van der Waals surface area contributed by atoms with Gasteiger partial charge in [0.05, 0.1) is 31.4 Å². The van der Waals surface area contributed by atoms with Gasteiger partial charge in [-0.25, -0.2) is 4.79 Å². The number of urea groups is 1. The summed E-state index contributed by atoms with van der Waals surface area (Å²) in [5.41, 5.74) is 4.39. The average Bonchev–Trinajstić information content (AvgIpc) is 2.98. The van der Waals surface area contributed by atoms with Crippen LogP contribution in [0, 0.1) is 5.92 Å². The van der Waals surface area contributed by atoms with Crippen LogP contribution in [0.3, 0.4) is 0 Å². The Morgan fingerprint density at radius 1 is 1.00 bits per heavy atom. The number of aliphatic hydroxyl groups excluding tert-OH is 1. The maximum atomic E-state index is 13.9. The fourth-order valence-electron chi connectivity index (χ4n) is 5.02. The summed E-state index contributed by atoms with van der Waals surface area (Å²) < 4.78 is 6.51. The highest BCUT2D eigenvalue weighted by atomic mass is 16.5. The van der Waals surface area contributed by atoms with Gasteiger partial charge in [-0.15, -0.1) is 0 Å². The molecule has 0 aliphatic carbocycles. The number of fused-ring (bicyclic) bond motifs is 3. The number of amides is 3. The molecule has 206 valence electrons. The van der Waals surface area contributed by atoms with Crippen molar-refractivity contribution in [1.29, 1.82) is 0 Å². The van der Waals surface area contributed by atoms with Crippen LogP contribution >= 0.6 is 0 Å². The third kappa shape index (κ3) is 6.67. The Labute approximate surface area is 231 Å². The van der Waals surface area contributed by atoms with Crippen molar-refractivity contribution < 1.29 is 19.4 Å². The molecule has 0 unspecified atom stereocenters. The number of carbonyl (C=O) groups excluding carboxylic acids is 2. The molecule has 7 heteroatoms. The van der Waals surface area contributed by atoms with Crippen LogP contribution in [0.25, 0.3) is 11.1 Å². The Morgan fingerprint density at radius 3 is 2.31 bits per heavy atom. The standard InChI is InChI=1S/C32H39N3O4/c1-22-18-35(23(2)20-36)31(37)29-17-11-10-16-28(29)27-15-9-8-14-26(27)21-39-30(22)19-34(4)32(38)33-24(3)25-12-6-5-7-13-25/h5-17,22-24,30,36H,18-21H2,1-4H3,(H,33,38)/t22-,23+,24-,30+/m0/s1. The summed E-state index contributed by atoms with van der Waals surface area (Å²) in [4.78, 5) is 30.4. The van der Waals surface area contributed by atoms with Crippen LogP contribution in [-0.4, -0.2) is 65.7 Å². The first kappa shape index (κ1) is 28.3. The molecule has 1 heterocycles. The van der Waals surface area contributed by atoms with Gasteiger partial charge in [-0.3, -0.25) is 4.79 Å². The van der Waals surface area contributed by atoms with Crippen molar-refractivity contribution in [2.75, 3.05) is 26.7 Å². The summed E-state index contributed by atoms with van der Waals surface area (Å²) >= 11 is 0. The van der Waals surface area contributed by atoms with E-state index in [4.69, 9.17) is 4.74 Å². The first-order valence-corrected chi connectivity index (χ1v) is 13.6. The molecule has 0 aromatic heterocycles. The second-order valence-electron chi connectivity index (χ2n) is 10.5. The highest BCUT2D eigenvalue weighted by molar-refractivity contribution is 6.01. The second-order valence-corrected chi connectivity index (χ2v) is 10.5. The smallest absolute Gasteiger partial charge is 0.317 e. The molecule has 0 fully saturated rings. The Morgan fingerprint density at radius 2 is 1.62 bits per heavy atom. The zero-order chi connectivity index (χ0) is 27.9. The molecule has 0 bridgehead atoms. The zero-order valence-electron chi connectivity index (χ0n) is 23.2. The fourth-order valence-corrected chi connectivity index (χ4v) is 5.02. The minimum absolute atomic E-state index is 0.109. The summed E-state index contributed by atoms with van der Waals surface area (Å²) in [7, 11) is 1.76. The van der Waals surface area contributed by atoms with E-state index in [0.717, 1.165) is 22.3 Å². The normalized spacial score (nSPS) is 19.2. The minimum Gasteiger partial charge on any atom is -0.394 e. The molecule has 2 N–H and O–H groups in total. The van der Waals surface area contributed by atoms with E-state index in [0.29, 0.717) is 25.3 Å². The third-order valence-electron chi connectivity index (χ3n) is 7.53. The van der Waals surface area contributed by atoms with Crippen molar-refractivity contribution in [3.8, 4) is 11.1 Å². The van der Waals surface area contributed by atoms with Gasteiger partial charge in [0.2, 0.25) is 0 Å². The maximum absolute atomic E-state index is 13.9. The molecule has 3 amide bonds. The third-order valence-corrected chi connectivity index (χ3v) is 7.53. The van der Waals surface area contributed by atoms with Gasteiger partial charge in [0, 0.05) is 31.6 Å². The molecule has 39 heavy (non-hydrogen) atoms. The lowest BCUT2D eigenvalue weighted by Gasteiger charge is -2.35. The van der Waals surface area contributed by atoms with Crippen LogP contribution in [0.5, 0.6) is 0 Å². The van der Waals surface area contributed by atoms with Crippen LogP contribution in [0.2, 0.25) is 0 Å². The first-order valence-electron chi connectivity index (χ1n) is 13.6. The van der Waals surface area contributed by atoms with E-state index in [1.807, 2.05) is 99.6 Å². The molecule has 3 aromatic carbocycles. The Balaban J connectivity index is 1.61. The summed E-state index contributed by atoms with van der Waals surface area (Å²) in [6.45, 7) is 6.76. The number of aliphatic hydroxyl groups is 1. The number of nitrogens with one attached hydrogen (secondary N) is 1. The number of rotatable bonds is 6. The second kappa shape index (κ2) is 12.9. The zero-order valence-corrected chi connectivity index (χ0v) is 23.2. The van der Waals surface area contributed by atoms with E-state index in [1.165, 1.54) is 0 Å². The predicted molar refractivity (Wildman–Crippen MR) is 153 cm³/mol. The van der Waals surface area contributed by atoms with Gasteiger partial charge in [0.25, 0.3) is 5.91 Å². The first-order chi connectivity index (χ1) is 18.8. The van der Waals surface area contributed by atoms with Crippen molar-refractivity contribution in [3.63, 3.8) is 0 Å². The van der Waals surface area contributed by atoms with Crippen molar-refractivity contribution in [2.24, 2.45) is 5.92 Å². The molecule has 0 saturated heterocycles. The lowest BCUT2D eigenvalue weighted by Crippen LogP contribution is -2.49. The minimum atomic E-state index is -0.377. The quantitative estimate of drug-likeness (QED) is 0.465. The van der Waals surface area contributed by atoms with Gasteiger partial charge in [-0.2, -0.15) is 0 Å². The molecule has 0 spiro atoms. The molecule has 1 aliphatic heterocycles. The molecule has 3 aromatic rings. The van der Waals surface area contributed by atoms with Crippen molar-refractivity contribution in [1.82, 2.24) is 15.1 Å². The van der Waals surface area contributed by atoms with Gasteiger partial charge in [-0.1, -0.05) is 79.7 Å². The van der Waals surface area contributed by atoms with E-state index >= 15 is 0 Å². The summed E-state index contributed by atoms with van der Waals surface area (Å²) in [6.07, 6.45) is -0.344. The highest BCUT2D eigenvalue weighted by Crippen LogP contribution is 2.31. The number of nitrogens with zero attached hydrogens (tertiary/aromatic N) is 2. The van der Waals surface area contributed by atoms with Crippen molar-refractivity contribution >= 4 is 11.9 Å². The van der Waals surface area contributed by atoms with Crippen LogP contribution in [0.15, 0.2) is 78.9 Å². The summed E-state index contributed by atoms with van der Waals surface area (Å²) in [5.74, 6) is -0.237. The van der Waals surface area contributed by atoms with E-state index in [9.17, 15) is 14.7 Å². The molecule has 0 saturated carbocycles. The van der Waals surface area contributed by atoms with E-state index in [2.05, 4.69) is 5.32 Å². The number of benzene rings is 3. The number of carbonyl (C=O) groups is 2. The van der Waals surface area contributed by atoms with E-state index in [1.54, 1.807) is 16.8 Å². The number of hydrogen-bond donors (Lipinski definition) is 2. The SMILES string of the molecule is C[C@H](NC(=O)N(C)C[C@H]1OCc2ccccc2-c2ccccc2C(=O)N([C@H](C)CO)C[C@@H]1C)c1ccccc1. The van der Waals surface area contributed by atoms with E-state index in [-0.39, 0.29) is 42.7 Å². The Hall–Kier alpha value is -3.68. The lowest BCUT2D eigenvalue weighted by molar-refractivity contribution is -0.0185. The molecular formula is C32H39N3O4. The van der Waals surface area contributed by atoms with Crippen molar-refractivity contribution in [2.45, 2.75) is 45.6 Å². The lowest BCUT2D eigenvalue weighted by atomic mass is 9.94. The molecule has 4 rings (SSSR count). The molecule has 4 atom stereocenters. The topological polar surface area (TPSA) is 82.1 Å². The van der Waals surface area contributed by atoms with Crippen LogP contribution in [-0.2, 0) is 11.3 Å². The van der Waals surface area contributed by atoms with E-state index < -0.39 is 0 Å². The highest BCUT2D eigenvalue weighted by Gasteiger charge is 2.31. The van der Waals surface area contributed by atoms with Gasteiger partial charge in [0.15, 0.2) is 0 Å². The monoisotopic (exact) mass is 529 g/mol. The molecular weight excluding hydrogens is 490 g/mol. The predicted octanol–water partition coefficient (Wildman–Crippen LogP) is 5.11. The Bertz CT molecular complexity index is 1270. The van der Waals surface area contributed by atoms with Crippen LogP contribution < -0.4 is 5.32 Å².